The molecule has 1 atom stereocenters. The Labute approximate surface area is 165 Å². The lowest BCUT2D eigenvalue weighted by Crippen LogP contribution is -2.35. The van der Waals surface area contributed by atoms with E-state index in [2.05, 4.69) is 22.4 Å². The summed E-state index contributed by atoms with van der Waals surface area (Å²) in [5.41, 5.74) is 4.85. The van der Waals surface area contributed by atoms with Crippen molar-refractivity contribution in [2.24, 2.45) is 0 Å². The molecule has 1 aliphatic carbocycles. The van der Waals surface area contributed by atoms with Gasteiger partial charge in [-0.05, 0) is 73.6 Å². The molecule has 0 bridgehead atoms. The Bertz CT molecular complexity index is 933. The van der Waals surface area contributed by atoms with Crippen LogP contribution in [0.2, 0.25) is 0 Å². The monoisotopic (exact) mass is 375 g/mol. The fraction of sp³-hybridized carbons (Fsp3) is 0.304. The minimum Gasteiger partial charge on any atom is -0.481 e. The van der Waals surface area contributed by atoms with Gasteiger partial charge in [-0.25, -0.2) is 4.98 Å². The first-order valence-electron chi connectivity index (χ1n) is 9.82. The zero-order valence-corrected chi connectivity index (χ0v) is 16.1. The molecular formula is C23H25N3O2. The average Bonchev–Trinajstić information content (AvgIpc) is 3.27. The summed E-state index contributed by atoms with van der Waals surface area (Å²) in [7, 11) is 0. The van der Waals surface area contributed by atoms with Gasteiger partial charge in [-0.15, -0.1) is 0 Å². The van der Waals surface area contributed by atoms with Crippen LogP contribution in [0.4, 0.5) is 0 Å². The van der Waals surface area contributed by atoms with E-state index in [0.717, 1.165) is 29.8 Å². The fourth-order valence-electron chi connectivity index (χ4n) is 3.57. The summed E-state index contributed by atoms with van der Waals surface area (Å²) in [6.07, 6.45) is 9.60. The number of carbonyl (C=O) groups is 1. The number of amides is 1. The molecule has 1 amide bonds. The van der Waals surface area contributed by atoms with Gasteiger partial charge in [-0.1, -0.05) is 18.2 Å². The van der Waals surface area contributed by atoms with Gasteiger partial charge in [0.15, 0.2) is 6.10 Å². The lowest BCUT2D eigenvalue weighted by molar-refractivity contribution is -0.127. The third kappa shape index (κ3) is 4.25. The summed E-state index contributed by atoms with van der Waals surface area (Å²) in [6, 6.07) is 14.2. The Hall–Kier alpha value is -3.08. The second-order valence-electron chi connectivity index (χ2n) is 7.25. The van der Waals surface area contributed by atoms with Gasteiger partial charge >= 0.3 is 0 Å². The number of nitrogens with one attached hydrogen (secondary N) is 1. The van der Waals surface area contributed by atoms with Crippen LogP contribution in [-0.2, 0) is 24.2 Å². The molecule has 1 aliphatic rings. The predicted molar refractivity (Wildman–Crippen MR) is 109 cm³/mol. The molecule has 5 nitrogen and oxygen atoms in total. The number of rotatable bonds is 6. The van der Waals surface area contributed by atoms with Gasteiger partial charge in [0.1, 0.15) is 5.75 Å². The third-order valence-corrected chi connectivity index (χ3v) is 5.21. The summed E-state index contributed by atoms with van der Waals surface area (Å²) >= 11 is 0. The fourth-order valence-corrected chi connectivity index (χ4v) is 3.57. The second kappa shape index (κ2) is 8.30. The van der Waals surface area contributed by atoms with Crippen molar-refractivity contribution in [3.8, 4) is 11.4 Å². The molecule has 4 rings (SSSR count). The van der Waals surface area contributed by atoms with E-state index in [1.165, 1.54) is 24.0 Å². The van der Waals surface area contributed by atoms with E-state index in [1.54, 1.807) is 19.4 Å². The van der Waals surface area contributed by atoms with Crippen molar-refractivity contribution < 1.29 is 9.53 Å². The van der Waals surface area contributed by atoms with Gasteiger partial charge < -0.3 is 14.6 Å². The number of hydrogen-bond acceptors (Lipinski definition) is 3. The maximum Gasteiger partial charge on any atom is 0.261 e. The van der Waals surface area contributed by atoms with Gasteiger partial charge in [-0.3, -0.25) is 4.79 Å². The highest BCUT2D eigenvalue weighted by atomic mass is 16.5. The van der Waals surface area contributed by atoms with Crippen LogP contribution in [0.3, 0.4) is 0 Å². The highest BCUT2D eigenvalue weighted by Gasteiger charge is 2.16. The van der Waals surface area contributed by atoms with Crippen LogP contribution in [0.25, 0.3) is 5.69 Å². The van der Waals surface area contributed by atoms with Crippen LogP contribution in [-0.4, -0.2) is 21.6 Å². The summed E-state index contributed by atoms with van der Waals surface area (Å²) in [5.74, 6) is 0.657. The van der Waals surface area contributed by atoms with Crippen molar-refractivity contribution in [3.63, 3.8) is 0 Å². The molecule has 1 heterocycles. The van der Waals surface area contributed by atoms with Gasteiger partial charge in [0.2, 0.25) is 0 Å². The highest BCUT2D eigenvalue weighted by Crippen LogP contribution is 2.25. The molecule has 0 unspecified atom stereocenters. The van der Waals surface area contributed by atoms with E-state index < -0.39 is 6.10 Å². The average molecular weight is 375 g/mol. The van der Waals surface area contributed by atoms with Crippen LogP contribution in [0.5, 0.6) is 5.75 Å². The van der Waals surface area contributed by atoms with Crippen LogP contribution in [0.15, 0.2) is 61.2 Å². The zero-order chi connectivity index (χ0) is 19.3. The van der Waals surface area contributed by atoms with Crippen molar-refractivity contribution in [1.82, 2.24) is 14.9 Å². The molecule has 2 aromatic carbocycles. The molecule has 5 heteroatoms. The van der Waals surface area contributed by atoms with Crippen molar-refractivity contribution in [1.29, 1.82) is 0 Å². The SMILES string of the molecule is C[C@@H](Oc1ccc2c(c1)CCCC2)C(=O)NCc1ccc(-n2ccnc2)cc1. The van der Waals surface area contributed by atoms with E-state index in [4.69, 9.17) is 4.74 Å². The summed E-state index contributed by atoms with van der Waals surface area (Å²) in [6.45, 7) is 2.26. The van der Waals surface area contributed by atoms with Gasteiger partial charge in [-0.2, -0.15) is 0 Å². The van der Waals surface area contributed by atoms with Crippen molar-refractivity contribution >= 4 is 5.91 Å². The number of fused-ring (bicyclic) bond motifs is 1. The van der Waals surface area contributed by atoms with E-state index in [-0.39, 0.29) is 5.91 Å². The van der Waals surface area contributed by atoms with Crippen LogP contribution in [0.1, 0.15) is 36.5 Å². The largest absolute Gasteiger partial charge is 0.481 e. The minimum atomic E-state index is -0.535. The summed E-state index contributed by atoms with van der Waals surface area (Å²) < 4.78 is 7.82. The number of nitrogens with zero attached hydrogens (tertiary/aromatic N) is 2. The van der Waals surface area contributed by atoms with Crippen LogP contribution < -0.4 is 10.1 Å². The minimum absolute atomic E-state index is 0.114. The first-order chi connectivity index (χ1) is 13.7. The number of carbonyl (C=O) groups excluding carboxylic acids is 1. The Morgan fingerprint density at radius 2 is 1.93 bits per heavy atom. The smallest absolute Gasteiger partial charge is 0.261 e. The van der Waals surface area contributed by atoms with Gasteiger partial charge in [0.05, 0.1) is 6.33 Å². The molecular weight excluding hydrogens is 350 g/mol. The molecule has 1 aromatic heterocycles. The number of hydrogen-bond donors (Lipinski definition) is 1. The summed E-state index contributed by atoms with van der Waals surface area (Å²) in [5, 5.41) is 2.95. The number of aromatic nitrogens is 2. The number of benzene rings is 2. The Balaban J connectivity index is 1.31. The third-order valence-electron chi connectivity index (χ3n) is 5.21. The first-order valence-corrected chi connectivity index (χ1v) is 9.82. The lowest BCUT2D eigenvalue weighted by Gasteiger charge is -2.19. The molecule has 28 heavy (non-hydrogen) atoms. The molecule has 0 fully saturated rings. The van der Waals surface area contributed by atoms with Crippen molar-refractivity contribution in [2.45, 2.75) is 45.3 Å². The van der Waals surface area contributed by atoms with E-state index in [0.29, 0.717) is 6.54 Å². The molecule has 0 radical (unpaired) electrons. The second-order valence-corrected chi connectivity index (χ2v) is 7.25. The van der Waals surface area contributed by atoms with Crippen molar-refractivity contribution in [2.75, 3.05) is 0 Å². The lowest BCUT2D eigenvalue weighted by atomic mass is 9.92. The number of imidazole rings is 1. The molecule has 0 saturated heterocycles. The summed E-state index contributed by atoms with van der Waals surface area (Å²) in [4.78, 5) is 16.5. The normalized spacial score (nSPS) is 14.2. The number of aryl methyl sites for hydroxylation is 2. The molecule has 0 saturated carbocycles. The van der Waals surface area contributed by atoms with E-state index in [1.807, 2.05) is 41.1 Å². The van der Waals surface area contributed by atoms with Gasteiger partial charge in [0, 0.05) is 24.6 Å². The standard InChI is InChI=1S/C23H25N3O2/c1-17(28-22-11-8-19-4-2-3-5-20(19)14-22)23(27)25-15-18-6-9-21(10-7-18)26-13-12-24-16-26/h6-14,16-17H,2-5,15H2,1H3,(H,25,27)/t17-/m1/s1. The zero-order valence-electron chi connectivity index (χ0n) is 16.1. The molecule has 144 valence electrons. The maximum atomic E-state index is 12.4. The molecule has 0 spiro atoms. The van der Waals surface area contributed by atoms with Gasteiger partial charge in [0.25, 0.3) is 5.91 Å². The quantitative estimate of drug-likeness (QED) is 0.712. The van der Waals surface area contributed by atoms with Crippen molar-refractivity contribution in [3.05, 3.63) is 77.9 Å². The first kappa shape index (κ1) is 18.3. The van der Waals surface area contributed by atoms with E-state index >= 15 is 0 Å². The Morgan fingerprint density at radius 1 is 1.14 bits per heavy atom. The Morgan fingerprint density at radius 3 is 2.68 bits per heavy atom. The predicted octanol–water partition coefficient (Wildman–Crippen LogP) is 3.83. The highest BCUT2D eigenvalue weighted by molar-refractivity contribution is 5.80. The molecule has 0 aliphatic heterocycles. The Kier molecular flexibility index (Phi) is 5.42. The molecule has 3 aromatic rings. The van der Waals surface area contributed by atoms with Crippen LogP contribution >= 0.6 is 0 Å². The van der Waals surface area contributed by atoms with E-state index in [9.17, 15) is 4.79 Å². The topological polar surface area (TPSA) is 56.1 Å². The maximum absolute atomic E-state index is 12.4. The molecule has 1 N–H and O–H groups in total. The number of ether oxygens (including phenoxy) is 1. The van der Waals surface area contributed by atoms with Crippen LogP contribution in [0, 0.1) is 0 Å².